The van der Waals surface area contributed by atoms with Crippen molar-refractivity contribution in [3.8, 4) is 11.8 Å². The zero-order valence-electron chi connectivity index (χ0n) is 9.99. The molecule has 2 N–H and O–H groups in total. The van der Waals surface area contributed by atoms with E-state index in [1.165, 1.54) is 12.8 Å². The minimum absolute atomic E-state index is 0.537. The van der Waals surface area contributed by atoms with Crippen molar-refractivity contribution in [2.75, 3.05) is 25.5 Å². The van der Waals surface area contributed by atoms with Gasteiger partial charge in [-0.3, -0.25) is 0 Å². The Bertz CT molecular complexity index is 419. The Balaban J connectivity index is 2.01. The third-order valence-electron chi connectivity index (χ3n) is 3.03. The maximum atomic E-state index is 8.81. The van der Waals surface area contributed by atoms with Crippen molar-refractivity contribution in [3.05, 3.63) is 23.8 Å². The highest BCUT2D eigenvalue weighted by molar-refractivity contribution is 5.59. The van der Waals surface area contributed by atoms with Crippen LogP contribution in [0, 0.1) is 11.3 Å². The summed E-state index contributed by atoms with van der Waals surface area (Å²) in [6.07, 6.45) is 2.46. The van der Waals surface area contributed by atoms with Gasteiger partial charge < -0.3 is 15.4 Å². The zero-order valence-corrected chi connectivity index (χ0v) is 9.99. The van der Waals surface area contributed by atoms with Crippen molar-refractivity contribution in [1.82, 2.24) is 5.32 Å². The van der Waals surface area contributed by atoms with E-state index in [2.05, 4.69) is 16.7 Å². The summed E-state index contributed by atoms with van der Waals surface area (Å²) in [5.74, 6) is 0.724. The number of benzene rings is 1. The summed E-state index contributed by atoms with van der Waals surface area (Å²) in [7, 11) is 1.62. The van der Waals surface area contributed by atoms with Gasteiger partial charge in [0.1, 0.15) is 5.75 Å². The number of nitriles is 1. The van der Waals surface area contributed by atoms with Crippen LogP contribution in [0.1, 0.15) is 18.4 Å². The number of anilines is 1. The van der Waals surface area contributed by atoms with Crippen molar-refractivity contribution < 1.29 is 4.74 Å². The molecule has 1 fully saturated rings. The highest BCUT2D eigenvalue weighted by atomic mass is 16.5. The van der Waals surface area contributed by atoms with E-state index in [1.54, 1.807) is 19.2 Å². The monoisotopic (exact) mass is 231 g/mol. The molecule has 4 nitrogen and oxygen atoms in total. The van der Waals surface area contributed by atoms with Crippen molar-refractivity contribution in [1.29, 1.82) is 5.26 Å². The van der Waals surface area contributed by atoms with Crippen LogP contribution in [0.15, 0.2) is 18.2 Å². The number of ether oxygens (including phenoxy) is 1. The second-order valence-electron chi connectivity index (χ2n) is 4.20. The first-order chi connectivity index (χ1) is 8.33. The van der Waals surface area contributed by atoms with Crippen LogP contribution in [-0.4, -0.2) is 26.2 Å². The molecular formula is C13H17N3O. The first kappa shape index (κ1) is 11.7. The van der Waals surface area contributed by atoms with Gasteiger partial charge >= 0.3 is 0 Å². The van der Waals surface area contributed by atoms with Gasteiger partial charge in [-0.05, 0) is 31.5 Å². The fourth-order valence-electron chi connectivity index (χ4n) is 2.07. The van der Waals surface area contributed by atoms with E-state index < -0.39 is 0 Å². The fraction of sp³-hybridized carbons (Fsp3) is 0.462. The molecular weight excluding hydrogens is 214 g/mol. The van der Waals surface area contributed by atoms with Crippen LogP contribution < -0.4 is 15.4 Å². The van der Waals surface area contributed by atoms with Crippen molar-refractivity contribution >= 4 is 5.69 Å². The summed E-state index contributed by atoms with van der Waals surface area (Å²) >= 11 is 0. The largest absolute Gasteiger partial charge is 0.495 e. The fourth-order valence-corrected chi connectivity index (χ4v) is 2.07. The molecule has 17 heavy (non-hydrogen) atoms. The Hall–Kier alpha value is -1.73. The number of hydrogen-bond acceptors (Lipinski definition) is 4. The molecule has 4 heteroatoms. The highest BCUT2D eigenvalue weighted by Crippen LogP contribution is 2.25. The van der Waals surface area contributed by atoms with E-state index in [4.69, 9.17) is 10.00 Å². The third-order valence-corrected chi connectivity index (χ3v) is 3.03. The molecule has 0 saturated carbocycles. The van der Waals surface area contributed by atoms with E-state index in [1.807, 2.05) is 6.07 Å². The lowest BCUT2D eigenvalue weighted by Gasteiger charge is -2.15. The number of hydrogen-bond donors (Lipinski definition) is 2. The standard InChI is InChI=1S/C13H17N3O/c1-17-13-7-10(8-14)4-5-12(13)16-9-11-3-2-6-15-11/h4-5,7,11,15-16H,2-3,6,9H2,1H3. The summed E-state index contributed by atoms with van der Waals surface area (Å²) < 4.78 is 5.27. The minimum Gasteiger partial charge on any atom is -0.495 e. The summed E-state index contributed by atoms with van der Waals surface area (Å²) in [5.41, 5.74) is 1.56. The van der Waals surface area contributed by atoms with E-state index in [9.17, 15) is 0 Å². The number of rotatable bonds is 4. The van der Waals surface area contributed by atoms with Gasteiger partial charge in [0, 0.05) is 18.7 Å². The predicted octanol–water partition coefficient (Wildman–Crippen LogP) is 1.73. The average molecular weight is 231 g/mol. The zero-order chi connectivity index (χ0) is 12.1. The molecule has 0 spiro atoms. The molecule has 0 radical (unpaired) electrons. The SMILES string of the molecule is COc1cc(C#N)ccc1NCC1CCCN1. The Morgan fingerprint density at radius 2 is 2.47 bits per heavy atom. The van der Waals surface area contributed by atoms with Crippen LogP contribution in [0.5, 0.6) is 5.75 Å². The van der Waals surface area contributed by atoms with Crippen LogP contribution in [0.2, 0.25) is 0 Å². The molecule has 0 bridgehead atoms. The molecule has 1 aliphatic rings. The van der Waals surface area contributed by atoms with Crippen molar-refractivity contribution in [2.24, 2.45) is 0 Å². The maximum absolute atomic E-state index is 8.81. The normalized spacial score (nSPS) is 18.7. The Kier molecular flexibility index (Phi) is 3.84. The molecule has 1 saturated heterocycles. The molecule has 0 aliphatic carbocycles. The van der Waals surface area contributed by atoms with Gasteiger partial charge in [-0.2, -0.15) is 5.26 Å². The van der Waals surface area contributed by atoms with Crippen LogP contribution in [0.25, 0.3) is 0 Å². The summed E-state index contributed by atoms with van der Waals surface area (Å²) in [6, 6.07) is 8.09. The molecule has 1 aromatic carbocycles. The van der Waals surface area contributed by atoms with E-state index in [-0.39, 0.29) is 0 Å². The topological polar surface area (TPSA) is 57.1 Å². The van der Waals surface area contributed by atoms with Crippen LogP contribution in [-0.2, 0) is 0 Å². The van der Waals surface area contributed by atoms with E-state index in [0.717, 1.165) is 24.5 Å². The lowest BCUT2D eigenvalue weighted by Crippen LogP contribution is -2.29. The second-order valence-corrected chi connectivity index (χ2v) is 4.20. The van der Waals surface area contributed by atoms with Gasteiger partial charge in [0.05, 0.1) is 24.4 Å². The van der Waals surface area contributed by atoms with Gasteiger partial charge in [0.2, 0.25) is 0 Å². The molecule has 0 aromatic heterocycles. The molecule has 2 rings (SSSR count). The molecule has 1 atom stereocenters. The summed E-state index contributed by atoms with van der Waals surface area (Å²) in [5, 5.41) is 15.6. The first-order valence-electron chi connectivity index (χ1n) is 5.89. The molecule has 1 aliphatic heterocycles. The van der Waals surface area contributed by atoms with Gasteiger partial charge in [-0.1, -0.05) is 0 Å². The molecule has 90 valence electrons. The Labute approximate surface area is 102 Å². The minimum atomic E-state index is 0.537. The maximum Gasteiger partial charge on any atom is 0.143 e. The number of methoxy groups -OCH3 is 1. The van der Waals surface area contributed by atoms with Gasteiger partial charge in [0.25, 0.3) is 0 Å². The molecule has 1 unspecified atom stereocenters. The summed E-state index contributed by atoms with van der Waals surface area (Å²) in [6.45, 7) is 2.00. The van der Waals surface area contributed by atoms with Crippen LogP contribution in [0.3, 0.4) is 0 Å². The lowest BCUT2D eigenvalue weighted by molar-refractivity contribution is 0.416. The molecule has 1 heterocycles. The Morgan fingerprint density at radius 3 is 3.12 bits per heavy atom. The summed E-state index contributed by atoms with van der Waals surface area (Å²) in [4.78, 5) is 0. The highest BCUT2D eigenvalue weighted by Gasteiger charge is 2.14. The Morgan fingerprint density at radius 1 is 1.59 bits per heavy atom. The molecule has 1 aromatic rings. The van der Waals surface area contributed by atoms with Gasteiger partial charge in [0.15, 0.2) is 0 Å². The average Bonchev–Trinajstić information content (AvgIpc) is 2.89. The van der Waals surface area contributed by atoms with Crippen molar-refractivity contribution in [2.45, 2.75) is 18.9 Å². The molecule has 0 amide bonds. The van der Waals surface area contributed by atoms with Crippen molar-refractivity contribution in [3.63, 3.8) is 0 Å². The van der Waals surface area contributed by atoms with Crippen LogP contribution in [0.4, 0.5) is 5.69 Å². The lowest BCUT2D eigenvalue weighted by atomic mass is 10.2. The van der Waals surface area contributed by atoms with E-state index >= 15 is 0 Å². The number of nitrogens with zero attached hydrogens (tertiary/aromatic N) is 1. The smallest absolute Gasteiger partial charge is 0.143 e. The predicted molar refractivity (Wildman–Crippen MR) is 67.2 cm³/mol. The van der Waals surface area contributed by atoms with Gasteiger partial charge in [-0.15, -0.1) is 0 Å². The van der Waals surface area contributed by atoms with E-state index in [0.29, 0.717) is 11.6 Å². The first-order valence-corrected chi connectivity index (χ1v) is 5.89. The van der Waals surface area contributed by atoms with Gasteiger partial charge in [-0.25, -0.2) is 0 Å². The number of nitrogens with one attached hydrogen (secondary N) is 2. The third kappa shape index (κ3) is 2.89. The quantitative estimate of drug-likeness (QED) is 0.828. The van der Waals surface area contributed by atoms with Crippen LogP contribution >= 0.6 is 0 Å². The second kappa shape index (κ2) is 5.55.